The molecule has 0 saturated heterocycles. The lowest BCUT2D eigenvalue weighted by Crippen LogP contribution is -2.14. The number of amides is 2. The first-order valence-electron chi connectivity index (χ1n) is 6.56. The van der Waals surface area contributed by atoms with E-state index in [-0.39, 0.29) is 17.6 Å². The summed E-state index contributed by atoms with van der Waals surface area (Å²) in [4.78, 5) is 22.9. The number of aromatic nitrogens is 3. The summed E-state index contributed by atoms with van der Waals surface area (Å²) in [5, 5.41) is 17.3. The molecule has 0 aromatic carbocycles. The van der Waals surface area contributed by atoms with E-state index in [9.17, 15) is 9.59 Å². The van der Waals surface area contributed by atoms with Crippen molar-refractivity contribution in [1.82, 2.24) is 15.4 Å². The standard InChI is InChI=1S/C13H15N5O3S/c1-3-11(19)14-9-4-5-13(17-16-9)22-7-12(20)15-10-6-8(2)21-18-10/h4-6H,3,7H2,1-2H3,(H,14,16,19)(H,15,18,20). The van der Waals surface area contributed by atoms with E-state index in [1.54, 1.807) is 32.0 Å². The predicted octanol–water partition coefficient (Wildman–Crippen LogP) is 1.85. The van der Waals surface area contributed by atoms with Gasteiger partial charge in [-0.25, -0.2) is 0 Å². The SMILES string of the molecule is CCC(=O)Nc1ccc(SCC(=O)Nc2cc(C)on2)nn1. The first kappa shape index (κ1) is 16.0. The van der Waals surface area contributed by atoms with Gasteiger partial charge in [0.1, 0.15) is 10.8 Å². The van der Waals surface area contributed by atoms with Crippen LogP contribution >= 0.6 is 11.8 Å². The van der Waals surface area contributed by atoms with Crippen LogP contribution in [0.2, 0.25) is 0 Å². The monoisotopic (exact) mass is 321 g/mol. The third kappa shape index (κ3) is 4.85. The highest BCUT2D eigenvalue weighted by Gasteiger charge is 2.08. The zero-order valence-corrected chi connectivity index (χ0v) is 12.9. The molecule has 0 spiro atoms. The fraction of sp³-hybridized carbons (Fsp3) is 0.308. The number of hydrogen-bond acceptors (Lipinski definition) is 7. The van der Waals surface area contributed by atoms with Crippen LogP contribution in [-0.4, -0.2) is 32.9 Å². The topological polar surface area (TPSA) is 110 Å². The number of carbonyl (C=O) groups excluding carboxylic acids is 2. The van der Waals surface area contributed by atoms with Gasteiger partial charge in [-0.2, -0.15) is 0 Å². The Morgan fingerprint density at radius 2 is 1.95 bits per heavy atom. The van der Waals surface area contributed by atoms with Crippen molar-refractivity contribution >= 4 is 35.2 Å². The summed E-state index contributed by atoms with van der Waals surface area (Å²) in [5.74, 6) is 1.21. The van der Waals surface area contributed by atoms with Gasteiger partial charge in [0.2, 0.25) is 11.8 Å². The number of carbonyl (C=O) groups is 2. The summed E-state index contributed by atoms with van der Waals surface area (Å²) in [6, 6.07) is 4.96. The molecule has 0 fully saturated rings. The van der Waals surface area contributed by atoms with Crippen molar-refractivity contribution in [3.05, 3.63) is 24.0 Å². The molecule has 2 rings (SSSR count). The van der Waals surface area contributed by atoms with Crippen molar-refractivity contribution in [1.29, 1.82) is 0 Å². The van der Waals surface area contributed by atoms with Crippen molar-refractivity contribution in [2.24, 2.45) is 0 Å². The number of thioether (sulfide) groups is 1. The molecule has 0 bridgehead atoms. The molecule has 0 unspecified atom stereocenters. The molecule has 9 heteroatoms. The Labute approximate surface area is 131 Å². The quantitative estimate of drug-likeness (QED) is 0.781. The third-order valence-corrected chi connectivity index (χ3v) is 3.40. The molecule has 2 aromatic rings. The summed E-state index contributed by atoms with van der Waals surface area (Å²) >= 11 is 1.23. The van der Waals surface area contributed by atoms with Crippen molar-refractivity contribution in [2.45, 2.75) is 25.3 Å². The van der Waals surface area contributed by atoms with Crippen molar-refractivity contribution < 1.29 is 14.1 Å². The van der Waals surface area contributed by atoms with Crippen molar-refractivity contribution in [3.63, 3.8) is 0 Å². The van der Waals surface area contributed by atoms with Crippen LogP contribution in [0.3, 0.4) is 0 Å². The Hall–Kier alpha value is -2.42. The van der Waals surface area contributed by atoms with Crippen LogP contribution in [0.1, 0.15) is 19.1 Å². The molecule has 2 heterocycles. The maximum Gasteiger partial charge on any atom is 0.236 e. The largest absolute Gasteiger partial charge is 0.360 e. The minimum absolute atomic E-state index is 0.128. The van der Waals surface area contributed by atoms with Crippen molar-refractivity contribution in [3.8, 4) is 0 Å². The number of nitrogens with one attached hydrogen (secondary N) is 2. The predicted molar refractivity (Wildman–Crippen MR) is 81.5 cm³/mol. The van der Waals surface area contributed by atoms with E-state index in [1.807, 2.05) is 0 Å². The van der Waals surface area contributed by atoms with Gasteiger partial charge in [-0.15, -0.1) is 10.2 Å². The second kappa shape index (κ2) is 7.55. The summed E-state index contributed by atoms with van der Waals surface area (Å²) in [6.07, 6.45) is 0.375. The lowest BCUT2D eigenvalue weighted by atomic mass is 10.4. The number of hydrogen-bond donors (Lipinski definition) is 2. The van der Waals surface area contributed by atoms with Crippen LogP contribution in [-0.2, 0) is 9.59 Å². The van der Waals surface area contributed by atoms with Crippen LogP contribution < -0.4 is 10.6 Å². The van der Waals surface area contributed by atoms with Crippen LogP contribution in [0.25, 0.3) is 0 Å². The molecule has 22 heavy (non-hydrogen) atoms. The highest BCUT2D eigenvalue weighted by Crippen LogP contribution is 2.16. The number of anilines is 2. The van der Waals surface area contributed by atoms with Gasteiger partial charge in [-0.1, -0.05) is 23.8 Å². The molecule has 0 aliphatic heterocycles. The van der Waals surface area contributed by atoms with E-state index in [2.05, 4.69) is 26.0 Å². The zero-order valence-electron chi connectivity index (χ0n) is 12.1. The van der Waals surface area contributed by atoms with Gasteiger partial charge in [0.25, 0.3) is 0 Å². The first-order valence-corrected chi connectivity index (χ1v) is 7.55. The molecule has 2 aromatic heterocycles. The Morgan fingerprint density at radius 3 is 2.55 bits per heavy atom. The normalized spacial score (nSPS) is 10.3. The van der Waals surface area contributed by atoms with E-state index >= 15 is 0 Å². The molecular formula is C13H15N5O3S. The van der Waals surface area contributed by atoms with Gasteiger partial charge in [0.05, 0.1) is 5.75 Å². The molecule has 2 N–H and O–H groups in total. The van der Waals surface area contributed by atoms with E-state index in [0.717, 1.165) is 0 Å². The van der Waals surface area contributed by atoms with Crippen molar-refractivity contribution in [2.75, 3.05) is 16.4 Å². The lowest BCUT2D eigenvalue weighted by Gasteiger charge is -2.03. The summed E-state index contributed by atoms with van der Waals surface area (Å²) < 4.78 is 4.85. The van der Waals surface area contributed by atoms with Crippen LogP contribution in [0.5, 0.6) is 0 Å². The average Bonchev–Trinajstić information content (AvgIpc) is 2.91. The van der Waals surface area contributed by atoms with E-state index in [4.69, 9.17) is 4.52 Å². The van der Waals surface area contributed by atoms with Gasteiger partial charge >= 0.3 is 0 Å². The van der Waals surface area contributed by atoms with Gasteiger partial charge in [0.15, 0.2) is 11.6 Å². The van der Waals surface area contributed by atoms with Crippen LogP contribution in [0, 0.1) is 6.92 Å². The Kier molecular flexibility index (Phi) is 5.48. The minimum atomic E-state index is -0.219. The third-order valence-electron chi connectivity index (χ3n) is 2.48. The van der Waals surface area contributed by atoms with Crippen LogP contribution in [0.15, 0.2) is 27.7 Å². The summed E-state index contributed by atoms with van der Waals surface area (Å²) in [6.45, 7) is 3.49. The molecule has 0 aliphatic carbocycles. The van der Waals surface area contributed by atoms with Gasteiger partial charge in [0, 0.05) is 12.5 Å². The molecule has 2 amide bonds. The Bertz CT molecular complexity index is 656. The molecule has 8 nitrogen and oxygen atoms in total. The molecule has 0 saturated carbocycles. The van der Waals surface area contributed by atoms with Crippen LogP contribution in [0.4, 0.5) is 11.6 Å². The number of rotatable bonds is 6. The highest BCUT2D eigenvalue weighted by atomic mass is 32.2. The Balaban J connectivity index is 1.81. The van der Waals surface area contributed by atoms with E-state index < -0.39 is 0 Å². The smallest absolute Gasteiger partial charge is 0.236 e. The van der Waals surface area contributed by atoms with E-state index in [0.29, 0.717) is 28.8 Å². The Morgan fingerprint density at radius 1 is 1.18 bits per heavy atom. The number of nitrogens with zero attached hydrogens (tertiary/aromatic N) is 3. The van der Waals surface area contributed by atoms with Gasteiger partial charge in [-0.3, -0.25) is 9.59 Å². The first-order chi connectivity index (χ1) is 10.6. The summed E-state index contributed by atoms with van der Waals surface area (Å²) in [7, 11) is 0. The summed E-state index contributed by atoms with van der Waals surface area (Å²) in [5.41, 5.74) is 0. The molecule has 0 aliphatic rings. The maximum atomic E-state index is 11.7. The molecule has 0 atom stereocenters. The average molecular weight is 321 g/mol. The van der Waals surface area contributed by atoms with E-state index in [1.165, 1.54) is 11.8 Å². The fourth-order valence-electron chi connectivity index (χ4n) is 1.44. The second-order valence-corrected chi connectivity index (χ2v) is 5.31. The molecular weight excluding hydrogens is 306 g/mol. The highest BCUT2D eigenvalue weighted by molar-refractivity contribution is 7.99. The lowest BCUT2D eigenvalue weighted by molar-refractivity contribution is -0.116. The number of aryl methyl sites for hydroxylation is 1. The zero-order chi connectivity index (χ0) is 15.9. The van der Waals surface area contributed by atoms with Gasteiger partial charge < -0.3 is 15.2 Å². The molecule has 0 radical (unpaired) electrons. The fourth-order valence-corrected chi connectivity index (χ4v) is 2.05. The molecule has 116 valence electrons. The maximum absolute atomic E-state index is 11.7. The minimum Gasteiger partial charge on any atom is -0.360 e. The van der Waals surface area contributed by atoms with Gasteiger partial charge in [-0.05, 0) is 19.1 Å². The second-order valence-electron chi connectivity index (χ2n) is 4.32.